The summed E-state index contributed by atoms with van der Waals surface area (Å²) < 4.78 is 0. The summed E-state index contributed by atoms with van der Waals surface area (Å²) in [7, 11) is 0. The van der Waals surface area contributed by atoms with E-state index in [0.717, 1.165) is 11.1 Å². The van der Waals surface area contributed by atoms with Gasteiger partial charge in [-0.1, -0.05) is 34.9 Å². The van der Waals surface area contributed by atoms with E-state index in [1.54, 1.807) is 12.1 Å². The lowest BCUT2D eigenvalue weighted by Gasteiger charge is -2.37. The first-order chi connectivity index (χ1) is 13.8. The number of carbonyl (C=O) groups is 1. The van der Waals surface area contributed by atoms with Crippen molar-refractivity contribution in [1.29, 1.82) is 0 Å². The van der Waals surface area contributed by atoms with Crippen molar-refractivity contribution in [3.8, 4) is 0 Å². The molecule has 0 radical (unpaired) electrons. The summed E-state index contributed by atoms with van der Waals surface area (Å²) in [6.45, 7) is 5.93. The van der Waals surface area contributed by atoms with Crippen molar-refractivity contribution in [1.82, 2.24) is 10.2 Å². The molecule has 29 heavy (non-hydrogen) atoms. The molecule has 2 aromatic carbocycles. The third kappa shape index (κ3) is 4.83. The Hall–Kier alpha value is -2.71. The third-order valence-corrected chi connectivity index (χ3v) is 5.41. The SMILES string of the molecule is Cc1cc(C)cc(C(=O)NC(=S)N2CCN(c3c(Cl)cccc3[N+](=O)[O-])CC2)c1. The normalized spacial score (nSPS) is 13.9. The largest absolute Gasteiger partial charge is 0.361 e. The zero-order valence-electron chi connectivity index (χ0n) is 16.1. The Labute approximate surface area is 179 Å². The predicted octanol–water partition coefficient (Wildman–Crippen LogP) is 3.70. The Bertz CT molecular complexity index is 954. The first-order valence-corrected chi connectivity index (χ1v) is 9.91. The highest BCUT2D eigenvalue weighted by molar-refractivity contribution is 7.80. The van der Waals surface area contributed by atoms with Gasteiger partial charge in [0.2, 0.25) is 0 Å². The van der Waals surface area contributed by atoms with Crippen molar-refractivity contribution >= 4 is 46.2 Å². The maximum Gasteiger partial charge on any atom is 0.294 e. The molecule has 0 bridgehead atoms. The quantitative estimate of drug-likeness (QED) is 0.452. The van der Waals surface area contributed by atoms with E-state index in [1.807, 2.05) is 41.8 Å². The van der Waals surface area contributed by atoms with Crippen molar-refractivity contribution in [2.45, 2.75) is 13.8 Å². The van der Waals surface area contributed by atoms with E-state index in [9.17, 15) is 14.9 Å². The van der Waals surface area contributed by atoms with Crippen LogP contribution >= 0.6 is 23.8 Å². The number of anilines is 1. The van der Waals surface area contributed by atoms with Gasteiger partial charge in [-0.15, -0.1) is 0 Å². The summed E-state index contributed by atoms with van der Waals surface area (Å²) in [5.41, 5.74) is 2.99. The highest BCUT2D eigenvalue weighted by Crippen LogP contribution is 2.35. The van der Waals surface area contributed by atoms with Crippen LogP contribution in [0.15, 0.2) is 36.4 Å². The Balaban J connectivity index is 1.64. The van der Waals surface area contributed by atoms with Gasteiger partial charge in [0.05, 0.1) is 9.95 Å². The Morgan fingerprint density at radius 2 is 1.76 bits per heavy atom. The van der Waals surface area contributed by atoms with Crippen molar-refractivity contribution in [3.05, 3.63) is 68.2 Å². The molecule has 9 heteroatoms. The fraction of sp³-hybridized carbons (Fsp3) is 0.300. The number of thiocarbonyl (C=S) groups is 1. The molecule has 0 spiro atoms. The minimum absolute atomic E-state index is 0.0170. The van der Waals surface area contributed by atoms with Gasteiger partial charge in [-0.3, -0.25) is 20.2 Å². The first-order valence-electron chi connectivity index (χ1n) is 9.12. The van der Waals surface area contributed by atoms with E-state index in [-0.39, 0.29) is 11.6 Å². The number of piperazine rings is 1. The van der Waals surface area contributed by atoms with Crippen molar-refractivity contribution in [2.24, 2.45) is 0 Å². The van der Waals surface area contributed by atoms with Gasteiger partial charge in [-0.05, 0) is 44.3 Å². The van der Waals surface area contributed by atoms with Crippen molar-refractivity contribution in [3.63, 3.8) is 0 Å². The maximum absolute atomic E-state index is 12.5. The molecule has 1 saturated heterocycles. The molecule has 0 aliphatic carbocycles. The number of nitrogens with zero attached hydrogens (tertiary/aromatic N) is 3. The monoisotopic (exact) mass is 432 g/mol. The zero-order valence-corrected chi connectivity index (χ0v) is 17.7. The van der Waals surface area contributed by atoms with Gasteiger partial charge in [0.1, 0.15) is 5.69 Å². The molecule has 0 saturated carbocycles. The lowest BCUT2D eigenvalue weighted by atomic mass is 10.1. The standard InChI is InChI=1S/C20H21ClN4O3S/c1-13-10-14(2)12-15(11-13)19(26)22-20(29)24-8-6-23(7-9-24)18-16(21)4-3-5-17(18)25(27)28/h3-5,10-12H,6-9H2,1-2H3,(H,22,26,29). The molecule has 0 atom stereocenters. The van der Waals surface area contributed by atoms with Crippen LogP contribution in [-0.4, -0.2) is 47.0 Å². The lowest BCUT2D eigenvalue weighted by molar-refractivity contribution is -0.384. The third-order valence-electron chi connectivity index (χ3n) is 4.75. The molecule has 1 N–H and O–H groups in total. The molecule has 0 unspecified atom stereocenters. The number of nitro benzene ring substituents is 1. The average Bonchev–Trinajstić information content (AvgIpc) is 2.67. The number of amides is 1. The summed E-state index contributed by atoms with van der Waals surface area (Å²) in [4.78, 5) is 27.2. The summed E-state index contributed by atoms with van der Waals surface area (Å²) in [5.74, 6) is -0.244. The van der Waals surface area contributed by atoms with Crippen LogP contribution in [0.1, 0.15) is 21.5 Å². The number of carbonyl (C=O) groups excluding carboxylic acids is 1. The Morgan fingerprint density at radius 3 is 2.34 bits per heavy atom. The van der Waals surface area contributed by atoms with Crippen LogP contribution in [-0.2, 0) is 0 Å². The fourth-order valence-electron chi connectivity index (χ4n) is 3.45. The Kier molecular flexibility index (Phi) is 6.34. The molecule has 1 fully saturated rings. The van der Waals surface area contributed by atoms with Gasteiger partial charge in [0.25, 0.3) is 11.6 Å². The van der Waals surface area contributed by atoms with Crippen LogP contribution in [0.25, 0.3) is 0 Å². The molecule has 1 amide bonds. The van der Waals surface area contributed by atoms with E-state index in [0.29, 0.717) is 47.6 Å². The average molecular weight is 433 g/mol. The number of nitrogens with one attached hydrogen (secondary N) is 1. The topological polar surface area (TPSA) is 78.7 Å². The molecule has 152 valence electrons. The smallest absolute Gasteiger partial charge is 0.294 e. The number of hydrogen-bond acceptors (Lipinski definition) is 5. The van der Waals surface area contributed by atoms with Crippen molar-refractivity contribution < 1.29 is 9.72 Å². The lowest BCUT2D eigenvalue weighted by Crippen LogP contribution is -2.52. The van der Waals surface area contributed by atoms with Gasteiger partial charge in [0, 0.05) is 37.8 Å². The predicted molar refractivity (Wildman–Crippen MR) is 118 cm³/mol. The van der Waals surface area contributed by atoms with Gasteiger partial charge in [-0.2, -0.15) is 0 Å². The molecular weight excluding hydrogens is 412 g/mol. The van der Waals surface area contributed by atoms with E-state index in [2.05, 4.69) is 5.32 Å². The van der Waals surface area contributed by atoms with Gasteiger partial charge >= 0.3 is 0 Å². The Morgan fingerprint density at radius 1 is 1.14 bits per heavy atom. The van der Waals surface area contributed by atoms with E-state index >= 15 is 0 Å². The molecule has 1 aliphatic rings. The number of halogens is 1. The van der Waals surface area contributed by atoms with E-state index in [1.165, 1.54) is 6.07 Å². The molecule has 1 heterocycles. The number of rotatable bonds is 3. The highest BCUT2D eigenvalue weighted by atomic mass is 35.5. The summed E-state index contributed by atoms with van der Waals surface area (Å²) in [6, 6.07) is 10.3. The summed E-state index contributed by atoms with van der Waals surface area (Å²) in [5, 5.41) is 14.8. The van der Waals surface area contributed by atoms with Crippen LogP contribution in [0, 0.1) is 24.0 Å². The fourth-order valence-corrected chi connectivity index (χ4v) is 4.02. The second kappa shape index (κ2) is 8.75. The van der Waals surface area contributed by atoms with E-state index in [4.69, 9.17) is 23.8 Å². The molecular formula is C20H21ClN4O3S. The molecule has 2 aromatic rings. The van der Waals surface area contributed by atoms with Gasteiger partial charge < -0.3 is 9.80 Å². The van der Waals surface area contributed by atoms with Crippen LogP contribution in [0.3, 0.4) is 0 Å². The van der Waals surface area contributed by atoms with Gasteiger partial charge in [0.15, 0.2) is 5.11 Å². The van der Waals surface area contributed by atoms with Crippen LogP contribution in [0.2, 0.25) is 5.02 Å². The number of benzene rings is 2. The first kappa shape index (κ1) is 21.0. The highest BCUT2D eigenvalue weighted by Gasteiger charge is 2.27. The summed E-state index contributed by atoms with van der Waals surface area (Å²) in [6.07, 6.45) is 0. The maximum atomic E-state index is 12.5. The van der Waals surface area contributed by atoms with Crippen LogP contribution in [0.4, 0.5) is 11.4 Å². The molecule has 3 rings (SSSR count). The minimum Gasteiger partial charge on any atom is -0.361 e. The minimum atomic E-state index is -0.428. The zero-order chi connectivity index (χ0) is 21.1. The van der Waals surface area contributed by atoms with Crippen molar-refractivity contribution in [2.75, 3.05) is 31.1 Å². The van der Waals surface area contributed by atoms with Crippen LogP contribution in [0.5, 0.6) is 0 Å². The second-order valence-corrected chi connectivity index (χ2v) is 7.77. The number of nitro groups is 1. The number of aryl methyl sites for hydroxylation is 2. The molecule has 1 aliphatic heterocycles. The number of hydrogen-bond donors (Lipinski definition) is 1. The molecule has 0 aromatic heterocycles. The van der Waals surface area contributed by atoms with E-state index < -0.39 is 4.92 Å². The second-order valence-electron chi connectivity index (χ2n) is 6.97. The van der Waals surface area contributed by atoms with Gasteiger partial charge in [-0.25, -0.2) is 0 Å². The van der Waals surface area contributed by atoms with Crippen LogP contribution < -0.4 is 10.2 Å². The summed E-state index contributed by atoms with van der Waals surface area (Å²) >= 11 is 11.6. The number of para-hydroxylation sites is 1. The molecule has 7 nitrogen and oxygen atoms in total.